The Hall–Kier alpha value is -2.96. The number of oxazole rings is 1. The second kappa shape index (κ2) is 6.27. The third kappa shape index (κ3) is 3.05. The SMILES string of the molecule is Cc1nc(CNC(=O)c2cnn(-c3ccc(F)cc3)c2C)oc1C. The lowest BCUT2D eigenvalue weighted by Gasteiger charge is -2.06. The Morgan fingerprint density at radius 1 is 1.25 bits per heavy atom. The summed E-state index contributed by atoms with van der Waals surface area (Å²) in [6.07, 6.45) is 1.49. The molecule has 1 N–H and O–H groups in total. The predicted molar refractivity (Wildman–Crippen MR) is 85.4 cm³/mol. The summed E-state index contributed by atoms with van der Waals surface area (Å²) in [4.78, 5) is 16.6. The van der Waals surface area contributed by atoms with Gasteiger partial charge in [-0.1, -0.05) is 0 Å². The molecule has 2 heterocycles. The van der Waals surface area contributed by atoms with Crippen LogP contribution in [0.4, 0.5) is 4.39 Å². The lowest BCUT2D eigenvalue weighted by molar-refractivity contribution is 0.0946. The molecule has 3 aromatic rings. The Bertz CT molecular complexity index is 861. The Kier molecular flexibility index (Phi) is 4.16. The Morgan fingerprint density at radius 3 is 2.58 bits per heavy atom. The fraction of sp³-hybridized carbons (Fsp3) is 0.235. The summed E-state index contributed by atoms with van der Waals surface area (Å²) in [5.41, 5.74) is 2.60. The van der Waals surface area contributed by atoms with Crippen molar-refractivity contribution in [2.45, 2.75) is 27.3 Å². The number of carbonyl (C=O) groups excluding carboxylic acids is 1. The topological polar surface area (TPSA) is 73.0 Å². The fourth-order valence-electron chi connectivity index (χ4n) is 2.34. The van der Waals surface area contributed by atoms with Crippen LogP contribution in [-0.4, -0.2) is 20.7 Å². The highest BCUT2D eigenvalue weighted by molar-refractivity contribution is 5.95. The molecule has 3 rings (SSSR count). The molecule has 0 radical (unpaired) electrons. The van der Waals surface area contributed by atoms with Crippen LogP contribution in [0.3, 0.4) is 0 Å². The van der Waals surface area contributed by atoms with Crippen molar-refractivity contribution in [1.82, 2.24) is 20.1 Å². The molecule has 7 heteroatoms. The van der Waals surface area contributed by atoms with Crippen LogP contribution in [0.15, 0.2) is 34.9 Å². The van der Waals surface area contributed by atoms with Gasteiger partial charge in [-0.25, -0.2) is 14.1 Å². The maximum absolute atomic E-state index is 13.0. The third-order valence-corrected chi connectivity index (χ3v) is 3.80. The smallest absolute Gasteiger partial charge is 0.255 e. The molecule has 6 nitrogen and oxygen atoms in total. The van der Waals surface area contributed by atoms with Crippen LogP contribution in [0, 0.1) is 26.6 Å². The molecule has 0 atom stereocenters. The number of benzene rings is 1. The van der Waals surface area contributed by atoms with E-state index in [-0.39, 0.29) is 18.3 Å². The Morgan fingerprint density at radius 2 is 1.96 bits per heavy atom. The first kappa shape index (κ1) is 15.9. The molecule has 0 saturated heterocycles. The zero-order valence-corrected chi connectivity index (χ0v) is 13.6. The van der Waals surface area contributed by atoms with Crippen LogP contribution >= 0.6 is 0 Å². The van der Waals surface area contributed by atoms with E-state index >= 15 is 0 Å². The lowest BCUT2D eigenvalue weighted by Crippen LogP contribution is -2.23. The molecule has 0 aliphatic rings. The summed E-state index contributed by atoms with van der Waals surface area (Å²) < 4.78 is 20.0. The van der Waals surface area contributed by atoms with E-state index in [4.69, 9.17) is 4.42 Å². The van der Waals surface area contributed by atoms with E-state index in [9.17, 15) is 9.18 Å². The number of nitrogens with one attached hydrogen (secondary N) is 1. The van der Waals surface area contributed by atoms with Gasteiger partial charge in [-0.3, -0.25) is 4.79 Å². The summed E-state index contributed by atoms with van der Waals surface area (Å²) >= 11 is 0. The van der Waals surface area contributed by atoms with Crippen molar-refractivity contribution in [3.63, 3.8) is 0 Å². The van der Waals surface area contributed by atoms with Gasteiger partial charge in [0.15, 0.2) is 0 Å². The molecule has 0 aliphatic carbocycles. The van der Waals surface area contributed by atoms with Gasteiger partial charge in [0, 0.05) is 0 Å². The van der Waals surface area contributed by atoms with E-state index in [2.05, 4.69) is 15.4 Å². The number of hydrogen-bond acceptors (Lipinski definition) is 4. The van der Waals surface area contributed by atoms with Crippen molar-refractivity contribution in [1.29, 1.82) is 0 Å². The van der Waals surface area contributed by atoms with Gasteiger partial charge in [0.1, 0.15) is 11.6 Å². The molecule has 124 valence electrons. The van der Waals surface area contributed by atoms with Crippen LogP contribution in [0.2, 0.25) is 0 Å². The van der Waals surface area contributed by atoms with E-state index in [1.54, 1.807) is 23.7 Å². The van der Waals surface area contributed by atoms with Crippen molar-refractivity contribution in [2.75, 3.05) is 0 Å². The average molecular weight is 328 g/mol. The van der Waals surface area contributed by atoms with Gasteiger partial charge in [-0.05, 0) is 45.0 Å². The van der Waals surface area contributed by atoms with Crippen LogP contribution in [0.1, 0.15) is 33.4 Å². The van der Waals surface area contributed by atoms with Gasteiger partial charge in [0.25, 0.3) is 5.91 Å². The molecule has 1 amide bonds. The molecule has 1 aromatic carbocycles. The first-order chi connectivity index (χ1) is 11.5. The monoisotopic (exact) mass is 328 g/mol. The number of carbonyl (C=O) groups is 1. The van der Waals surface area contributed by atoms with E-state index in [0.717, 1.165) is 11.5 Å². The third-order valence-electron chi connectivity index (χ3n) is 3.80. The molecule has 24 heavy (non-hydrogen) atoms. The van der Waals surface area contributed by atoms with Crippen LogP contribution < -0.4 is 5.32 Å². The van der Waals surface area contributed by atoms with Gasteiger partial charge in [-0.2, -0.15) is 5.10 Å². The summed E-state index contributed by atoms with van der Waals surface area (Å²) in [6, 6.07) is 5.91. The highest BCUT2D eigenvalue weighted by Gasteiger charge is 2.16. The maximum atomic E-state index is 13.0. The van der Waals surface area contributed by atoms with Crippen LogP contribution in [0.5, 0.6) is 0 Å². The molecule has 0 bridgehead atoms. The van der Waals surface area contributed by atoms with Crippen molar-refractivity contribution < 1.29 is 13.6 Å². The van der Waals surface area contributed by atoms with Gasteiger partial charge < -0.3 is 9.73 Å². The highest BCUT2D eigenvalue weighted by Crippen LogP contribution is 2.15. The number of aromatic nitrogens is 3. The van der Waals surface area contributed by atoms with E-state index in [1.807, 2.05) is 13.8 Å². The molecular weight excluding hydrogens is 311 g/mol. The lowest BCUT2D eigenvalue weighted by atomic mass is 10.2. The minimum atomic E-state index is -0.321. The second-order valence-corrected chi connectivity index (χ2v) is 5.46. The second-order valence-electron chi connectivity index (χ2n) is 5.46. The first-order valence-corrected chi connectivity index (χ1v) is 7.47. The number of hydrogen-bond donors (Lipinski definition) is 1. The first-order valence-electron chi connectivity index (χ1n) is 7.47. The van der Waals surface area contributed by atoms with E-state index < -0.39 is 0 Å². The van der Waals surface area contributed by atoms with Gasteiger partial charge in [0.2, 0.25) is 5.89 Å². The molecule has 0 spiro atoms. The summed E-state index contributed by atoms with van der Waals surface area (Å²) in [7, 11) is 0. The molecular formula is C17H17FN4O2. The average Bonchev–Trinajstić information content (AvgIpc) is 3.09. The zero-order chi connectivity index (χ0) is 17.3. The van der Waals surface area contributed by atoms with Gasteiger partial charge >= 0.3 is 0 Å². The molecule has 0 fully saturated rings. The van der Waals surface area contributed by atoms with Gasteiger partial charge in [0.05, 0.1) is 35.4 Å². The Labute approximate surface area is 138 Å². The number of rotatable bonds is 4. The maximum Gasteiger partial charge on any atom is 0.255 e. The van der Waals surface area contributed by atoms with E-state index in [1.165, 1.54) is 18.3 Å². The number of halogens is 1. The molecule has 2 aromatic heterocycles. The van der Waals surface area contributed by atoms with Crippen molar-refractivity contribution in [3.05, 3.63) is 64.9 Å². The fourth-order valence-corrected chi connectivity index (χ4v) is 2.34. The minimum Gasteiger partial charge on any atom is -0.444 e. The summed E-state index contributed by atoms with van der Waals surface area (Å²) in [6.45, 7) is 5.66. The molecule has 0 unspecified atom stereocenters. The number of amides is 1. The van der Waals surface area contributed by atoms with Crippen molar-refractivity contribution in [3.8, 4) is 5.69 Å². The minimum absolute atomic E-state index is 0.203. The van der Waals surface area contributed by atoms with Crippen LogP contribution in [-0.2, 0) is 6.54 Å². The Balaban J connectivity index is 1.75. The summed E-state index contributed by atoms with van der Waals surface area (Å²) in [5, 5.41) is 6.97. The summed E-state index contributed by atoms with van der Waals surface area (Å²) in [5.74, 6) is 0.605. The number of aryl methyl sites for hydroxylation is 2. The van der Waals surface area contributed by atoms with Crippen LogP contribution in [0.25, 0.3) is 5.69 Å². The van der Waals surface area contributed by atoms with Crippen molar-refractivity contribution in [2.24, 2.45) is 0 Å². The van der Waals surface area contributed by atoms with Gasteiger partial charge in [-0.15, -0.1) is 0 Å². The zero-order valence-electron chi connectivity index (χ0n) is 13.6. The normalized spacial score (nSPS) is 10.8. The largest absolute Gasteiger partial charge is 0.444 e. The standard InChI is InChI=1S/C17H17FN4O2/c1-10-12(3)24-16(21-10)9-19-17(23)15-8-20-22(11(15)2)14-6-4-13(18)5-7-14/h4-8H,9H2,1-3H3,(H,19,23). The van der Waals surface area contributed by atoms with E-state index in [0.29, 0.717) is 22.8 Å². The molecule has 0 saturated carbocycles. The quantitative estimate of drug-likeness (QED) is 0.799. The molecule has 0 aliphatic heterocycles. The van der Waals surface area contributed by atoms with Crippen molar-refractivity contribution >= 4 is 5.91 Å². The highest BCUT2D eigenvalue weighted by atomic mass is 19.1. The predicted octanol–water partition coefficient (Wildman–Crippen LogP) is 2.85. The number of nitrogens with zero attached hydrogens (tertiary/aromatic N) is 3.